The van der Waals surface area contributed by atoms with Crippen molar-refractivity contribution in [1.29, 1.82) is 0 Å². The Balaban J connectivity index is 1.52. The molecular formula is C22H23Cl2FN4O3. The molecule has 2 atom stereocenters. The molecule has 0 spiro atoms. The summed E-state index contributed by atoms with van der Waals surface area (Å²) >= 11 is 12.3. The van der Waals surface area contributed by atoms with Gasteiger partial charge in [-0.3, -0.25) is 4.68 Å². The van der Waals surface area contributed by atoms with Crippen LogP contribution in [0.25, 0.3) is 11.1 Å². The summed E-state index contributed by atoms with van der Waals surface area (Å²) < 4.78 is 33.1. The number of nitrogen functional groups attached to an aromatic ring is 1. The predicted molar refractivity (Wildman–Crippen MR) is 120 cm³/mol. The quantitative estimate of drug-likeness (QED) is 0.484. The number of rotatable bonds is 6. The molecule has 7 nitrogen and oxygen atoms in total. The van der Waals surface area contributed by atoms with Gasteiger partial charge in [0.2, 0.25) is 0 Å². The van der Waals surface area contributed by atoms with Gasteiger partial charge in [-0.15, -0.1) is 0 Å². The minimum atomic E-state index is -0.657. The average Bonchev–Trinajstić information content (AvgIpc) is 3.33. The third kappa shape index (κ3) is 4.83. The summed E-state index contributed by atoms with van der Waals surface area (Å²) in [5, 5.41) is 4.61. The minimum Gasteiger partial charge on any atom is -0.482 e. The van der Waals surface area contributed by atoms with E-state index in [9.17, 15) is 4.39 Å². The molecule has 0 radical (unpaired) electrons. The molecule has 3 aromatic rings. The number of nitrogens with two attached hydrogens (primary N) is 1. The van der Waals surface area contributed by atoms with Gasteiger partial charge < -0.3 is 19.9 Å². The topological polar surface area (TPSA) is 84.4 Å². The van der Waals surface area contributed by atoms with Gasteiger partial charge in [-0.2, -0.15) is 5.10 Å². The fourth-order valence-electron chi connectivity index (χ4n) is 3.55. The van der Waals surface area contributed by atoms with Crippen LogP contribution in [0.4, 0.5) is 10.2 Å². The van der Waals surface area contributed by atoms with Crippen molar-refractivity contribution < 1.29 is 18.6 Å². The number of benzene rings is 1. The number of halogens is 3. The van der Waals surface area contributed by atoms with Crippen molar-refractivity contribution in [2.24, 2.45) is 0 Å². The second kappa shape index (κ2) is 8.86. The highest BCUT2D eigenvalue weighted by atomic mass is 35.5. The highest BCUT2D eigenvalue weighted by Gasteiger charge is 2.32. The Morgan fingerprint density at radius 2 is 2.09 bits per heavy atom. The first-order valence-corrected chi connectivity index (χ1v) is 10.8. The molecule has 1 aliphatic heterocycles. The van der Waals surface area contributed by atoms with E-state index < -0.39 is 17.7 Å². The Labute approximate surface area is 195 Å². The number of nitrogens with zero attached hydrogens (tertiary/aromatic N) is 3. The SMILES string of the molecule is CC(Oc1cc(-c2cnn(C[C@H]3COC(C)(C)O3)c2)cnc1N)c1c(Cl)ccc(F)c1Cl. The lowest BCUT2D eigenvalue weighted by molar-refractivity contribution is -0.139. The Bertz CT molecular complexity index is 1140. The van der Waals surface area contributed by atoms with E-state index in [-0.39, 0.29) is 16.9 Å². The largest absolute Gasteiger partial charge is 0.482 e. The van der Waals surface area contributed by atoms with Crippen LogP contribution in [-0.2, 0) is 16.0 Å². The van der Waals surface area contributed by atoms with E-state index in [1.54, 1.807) is 30.1 Å². The molecule has 0 bridgehead atoms. The molecule has 2 aromatic heterocycles. The van der Waals surface area contributed by atoms with E-state index in [4.69, 9.17) is 43.1 Å². The van der Waals surface area contributed by atoms with Crippen LogP contribution in [0.1, 0.15) is 32.4 Å². The average molecular weight is 481 g/mol. The lowest BCUT2D eigenvalue weighted by Crippen LogP contribution is -2.24. The normalized spacial score (nSPS) is 18.6. The molecular weight excluding hydrogens is 458 g/mol. The van der Waals surface area contributed by atoms with Crippen molar-refractivity contribution in [2.45, 2.75) is 45.3 Å². The second-order valence-electron chi connectivity index (χ2n) is 8.03. The van der Waals surface area contributed by atoms with Gasteiger partial charge in [-0.25, -0.2) is 9.37 Å². The van der Waals surface area contributed by atoms with Gasteiger partial charge in [0.25, 0.3) is 0 Å². The maximum absolute atomic E-state index is 13.9. The Morgan fingerprint density at radius 3 is 2.81 bits per heavy atom. The number of anilines is 1. The zero-order valence-corrected chi connectivity index (χ0v) is 19.3. The fraction of sp³-hybridized carbons (Fsp3) is 0.364. The van der Waals surface area contributed by atoms with Crippen LogP contribution in [0, 0.1) is 5.82 Å². The van der Waals surface area contributed by atoms with Crippen LogP contribution in [0.5, 0.6) is 5.75 Å². The van der Waals surface area contributed by atoms with Crippen LogP contribution in [0.2, 0.25) is 10.0 Å². The van der Waals surface area contributed by atoms with Crippen LogP contribution < -0.4 is 10.5 Å². The van der Waals surface area contributed by atoms with E-state index in [0.29, 0.717) is 29.5 Å². The molecule has 1 unspecified atom stereocenters. The fourth-order valence-corrected chi connectivity index (χ4v) is 4.22. The first-order chi connectivity index (χ1) is 15.1. The summed E-state index contributed by atoms with van der Waals surface area (Å²) in [6.45, 7) is 6.54. The molecule has 1 aliphatic rings. The molecule has 10 heteroatoms. The summed E-state index contributed by atoms with van der Waals surface area (Å²) in [6, 6.07) is 4.39. The van der Waals surface area contributed by atoms with Crippen molar-refractivity contribution in [3.8, 4) is 16.9 Å². The summed E-state index contributed by atoms with van der Waals surface area (Å²) in [6.07, 6.45) is 4.50. The second-order valence-corrected chi connectivity index (χ2v) is 8.81. The first kappa shape index (κ1) is 22.8. The highest BCUT2D eigenvalue weighted by Crippen LogP contribution is 2.37. The van der Waals surface area contributed by atoms with Gasteiger partial charge in [0.05, 0.1) is 24.4 Å². The predicted octanol–water partition coefficient (Wildman–Crippen LogP) is 5.26. The molecule has 170 valence electrons. The van der Waals surface area contributed by atoms with E-state index in [1.165, 1.54) is 12.1 Å². The standard InChI is InChI=1S/C22H23Cl2FN4O3/c1-12(19-16(23)4-5-17(25)20(19)24)31-18-6-13(7-27-21(18)26)14-8-28-29(9-14)10-15-11-30-22(2,3)32-15/h4-9,12,15H,10-11H2,1-3H3,(H2,26,27)/t12?,15-/m0/s1. The maximum atomic E-state index is 13.9. The molecule has 1 fully saturated rings. The number of hydrogen-bond donors (Lipinski definition) is 1. The zero-order chi connectivity index (χ0) is 23.0. The third-order valence-electron chi connectivity index (χ3n) is 5.10. The number of hydrogen-bond acceptors (Lipinski definition) is 6. The van der Waals surface area contributed by atoms with Gasteiger partial charge in [-0.05, 0) is 39.0 Å². The molecule has 0 saturated carbocycles. The van der Waals surface area contributed by atoms with Gasteiger partial charge in [0, 0.05) is 34.1 Å². The smallest absolute Gasteiger partial charge is 0.166 e. The third-order valence-corrected chi connectivity index (χ3v) is 5.81. The van der Waals surface area contributed by atoms with Gasteiger partial charge in [-0.1, -0.05) is 23.2 Å². The molecule has 4 rings (SSSR count). The van der Waals surface area contributed by atoms with Gasteiger partial charge in [0.1, 0.15) is 18.0 Å². The lowest BCUT2D eigenvalue weighted by atomic mass is 10.1. The molecule has 0 amide bonds. The van der Waals surface area contributed by atoms with Crippen molar-refractivity contribution in [3.05, 3.63) is 58.2 Å². The Kier molecular flexibility index (Phi) is 6.31. The summed E-state index contributed by atoms with van der Waals surface area (Å²) in [5.41, 5.74) is 7.94. The lowest BCUT2D eigenvalue weighted by Gasteiger charge is -2.19. The zero-order valence-electron chi connectivity index (χ0n) is 17.8. The van der Waals surface area contributed by atoms with E-state index in [2.05, 4.69) is 10.1 Å². The number of aromatic nitrogens is 3. The first-order valence-electron chi connectivity index (χ1n) is 10.0. The molecule has 32 heavy (non-hydrogen) atoms. The van der Waals surface area contributed by atoms with E-state index in [1.807, 2.05) is 20.0 Å². The molecule has 3 heterocycles. The van der Waals surface area contributed by atoms with Crippen LogP contribution in [-0.4, -0.2) is 33.3 Å². The minimum absolute atomic E-state index is 0.0807. The van der Waals surface area contributed by atoms with Crippen molar-refractivity contribution in [1.82, 2.24) is 14.8 Å². The highest BCUT2D eigenvalue weighted by molar-refractivity contribution is 6.36. The summed E-state index contributed by atoms with van der Waals surface area (Å²) in [5.74, 6) is -0.643. The summed E-state index contributed by atoms with van der Waals surface area (Å²) in [4.78, 5) is 4.23. The van der Waals surface area contributed by atoms with Crippen LogP contribution >= 0.6 is 23.2 Å². The van der Waals surface area contributed by atoms with Crippen molar-refractivity contribution in [2.75, 3.05) is 12.3 Å². The Hall–Kier alpha value is -2.39. The number of ether oxygens (including phenoxy) is 3. The van der Waals surface area contributed by atoms with Gasteiger partial charge >= 0.3 is 0 Å². The number of pyridine rings is 1. The Morgan fingerprint density at radius 1 is 1.31 bits per heavy atom. The molecule has 0 aliphatic carbocycles. The van der Waals surface area contributed by atoms with Crippen molar-refractivity contribution >= 4 is 29.0 Å². The van der Waals surface area contributed by atoms with Crippen LogP contribution in [0.15, 0.2) is 36.8 Å². The van der Waals surface area contributed by atoms with Crippen molar-refractivity contribution in [3.63, 3.8) is 0 Å². The monoisotopic (exact) mass is 480 g/mol. The van der Waals surface area contributed by atoms with E-state index >= 15 is 0 Å². The summed E-state index contributed by atoms with van der Waals surface area (Å²) in [7, 11) is 0. The van der Waals surface area contributed by atoms with Gasteiger partial charge in [0.15, 0.2) is 17.4 Å². The maximum Gasteiger partial charge on any atom is 0.166 e. The molecule has 2 N–H and O–H groups in total. The van der Waals surface area contributed by atoms with E-state index in [0.717, 1.165) is 11.1 Å². The molecule has 1 aromatic carbocycles. The molecule has 1 saturated heterocycles. The van der Waals surface area contributed by atoms with Crippen LogP contribution in [0.3, 0.4) is 0 Å².